The van der Waals surface area contributed by atoms with Crippen LogP contribution in [0.15, 0.2) is 53.1 Å². The van der Waals surface area contributed by atoms with Gasteiger partial charge in [0.2, 0.25) is 0 Å². The number of amides is 1. The minimum absolute atomic E-state index is 0.0255. The van der Waals surface area contributed by atoms with Crippen LogP contribution in [0.3, 0.4) is 0 Å². The van der Waals surface area contributed by atoms with Crippen LogP contribution in [0.1, 0.15) is 91.4 Å². The lowest BCUT2D eigenvalue weighted by atomic mass is 9.45. The topological polar surface area (TPSA) is 221 Å². The average Bonchev–Trinajstić information content (AvgIpc) is 3.22. The molecule has 17 nitrogen and oxygen atoms in total. The summed E-state index contributed by atoms with van der Waals surface area (Å²) in [6.45, 7) is 17.4. The van der Waals surface area contributed by atoms with E-state index in [1.54, 1.807) is 69.2 Å². The van der Waals surface area contributed by atoms with Gasteiger partial charge in [-0.05, 0) is 83.6 Å². The Balaban J connectivity index is 1.52. The second kappa shape index (κ2) is 19.8. The number of esters is 4. The number of allylic oxidation sites excluding steroid dienone is 1. The van der Waals surface area contributed by atoms with Crippen molar-refractivity contribution in [2.45, 2.75) is 147 Å². The van der Waals surface area contributed by atoms with Gasteiger partial charge in [0, 0.05) is 42.9 Å². The molecule has 2 saturated heterocycles. The molecule has 0 spiro atoms. The van der Waals surface area contributed by atoms with E-state index in [1.807, 2.05) is 13.2 Å². The SMILES string of the molecule is C=C1C2=C(C)[C@@H](OC(=O)[C@H](O)[C@H](C=C(C)C)NC(=O)OC(C)(C)C)C[C@@]1(O)[C@@H](OC(=O)c1cc(OC)ccc1OC)[C@@H]1[C@]3(OC(C)=O)CO[C@@H]3C[C@H]3O[C@@H]([C@@H]2OC(=O)CCCSSC)[C@@]13C. The van der Waals surface area contributed by atoms with E-state index in [0.29, 0.717) is 29.1 Å². The molecule has 3 aliphatic carbocycles. The third-order valence-electron chi connectivity index (χ3n) is 13.1. The number of methoxy groups -OCH3 is 2. The maximum Gasteiger partial charge on any atom is 0.408 e. The van der Waals surface area contributed by atoms with Gasteiger partial charge in [-0.1, -0.05) is 46.7 Å². The Morgan fingerprint density at radius 2 is 1.77 bits per heavy atom. The zero-order valence-electron chi connectivity index (χ0n) is 39.4. The van der Waals surface area contributed by atoms with E-state index < -0.39 is 113 Å². The maximum atomic E-state index is 14.8. The molecule has 3 N–H and O–H groups in total. The second-order valence-electron chi connectivity index (χ2n) is 18.9. The highest BCUT2D eigenvalue weighted by atomic mass is 33.1. The molecule has 5 aliphatic rings. The summed E-state index contributed by atoms with van der Waals surface area (Å²) >= 11 is 0. The maximum absolute atomic E-state index is 14.8. The number of nitrogens with one attached hydrogen (secondary N) is 1. The molecule has 66 heavy (non-hydrogen) atoms. The van der Waals surface area contributed by atoms with Crippen LogP contribution in [0.2, 0.25) is 0 Å². The highest BCUT2D eigenvalue weighted by Gasteiger charge is 2.80. The van der Waals surface area contributed by atoms with Crippen molar-refractivity contribution < 1.29 is 76.8 Å². The van der Waals surface area contributed by atoms with E-state index in [1.165, 1.54) is 39.4 Å². The normalized spacial score (nSPS) is 31.6. The first kappa shape index (κ1) is 51.1. The number of ether oxygens (including phenoxy) is 9. The number of fused-ring (bicyclic) bond motifs is 4. The minimum atomic E-state index is -2.37. The molecule has 19 heteroatoms. The first-order chi connectivity index (χ1) is 30.9. The van der Waals surface area contributed by atoms with Gasteiger partial charge >= 0.3 is 30.0 Å². The number of aliphatic hydroxyl groups is 2. The summed E-state index contributed by atoms with van der Waals surface area (Å²) in [5.74, 6) is -3.39. The summed E-state index contributed by atoms with van der Waals surface area (Å²) in [7, 11) is 5.97. The Morgan fingerprint density at radius 3 is 2.36 bits per heavy atom. The summed E-state index contributed by atoms with van der Waals surface area (Å²) in [4.78, 5) is 69.0. The number of hydrogen-bond donors (Lipinski definition) is 3. The van der Waals surface area contributed by atoms with Gasteiger partial charge in [-0.15, -0.1) is 0 Å². The fourth-order valence-corrected chi connectivity index (χ4v) is 11.4. The van der Waals surface area contributed by atoms with Crippen LogP contribution in [0.4, 0.5) is 4.79 Å². The number of alkyl carbamates (subject to hydrolysis) is 1. The molecule has 364 valence electrons. The average molecular weight is 962 g/mol. The van der Waals surface area contributed by atoms with Gasteiger partial charge in [0.25, 0.3) is 0 Å². The Labute approximate surface area is 393 Å². The zero-order valence-corrected chi connectivity index (χ0v) is 41.0. The van der Waals surface area contributed by atoms with Gasteiger partial charge in [0.05, 0.1) is 38.9 Å². The first-order valence-corrected chi connectivity index (χ1v) is 24.6. The Kier molecular flexibility index (Phi) is 15.3. The van der Waals surface area contributed by atoms with Gasteiger partial charge in [-0.3, -0.25) is 9.59 Å². The summed E-state index contributed by atoms with van der Waals surface area (Å²) < 4.78 is 54.5. The third kappa shape index (κ3) is 9.70. The number of carbonyl (C=O) groups excluding carboxylic acids is 5. The number of hydrogen-bond acceptors (Lipinski definition) is 18. The summed E-state index contributed by atoms with van der Waals surface area (Å²) in [5, 5.41) is 27.8. The van der Waals surface area contributed by atoms with E-state index >= 15 is 0 Å². The van der Waals surface area contributed by atoms with Crippen LogP contribution in [-0.4, -0.2) is 139 Å². The van der Waals surface area contributed by atoms with Crippen LogP contribution < -0.4 is 14.8 Å². The lowest BCUT2D eigenvalue weighted by Crippen LogP contribution is -2.85. The predicted octanol–water partition coefficient (Wildman–Crippen LogP) is 5.58. The summed E-state index contributed by atoms with van der Waals surface area (Å²) in [6.07, 6.45) is -5.92. The van der Waals surface area contributed by atoms with Gasteiger partial charge < -0.3 is 58.2 Å². The number of aliphatic hydroxyl groups excluding tert-OH is 1. The largest absolute Gasteiger partial charge is 0.497 e. The molecule has 1 aromatic carbocycles. The van der Waals surface area contributed by atoms with Crippen LogP contribution in [-0.2, 0) is 47.5 Å². The standard InChI is InChI=1S/C47H63NO16S2/c1-23(2)18-29(48-43(54)64-44(6,7)8)36(51)42(53)59-31-21-46(55)25(4)35(24(31)3)37(61-34(50)14-13-17-66-65-12)39-45(9)32(60-39)20-33-47(22-58-33,63-26(5)49)38(45)40(46)62-41(52)28-19-27(56-10)15-16-30(28)57-11/h15-16,18-19,29,31-33,36-40,51,55H,4,13-14,17,20-22H2,1-3,5-12H3,(H,48,54)/t29-,31-,32+,33+,36+,37+,38-,39-,40-,45+,46-,47-/m0/s1. The molecule has 4 fully saturated rings. The van der Waals surface area contributed by atoms with Gasteiger partial charge in [-0.25, -0.2) is 14.4 Å². The summed E-state index contributed by atoms with van der Waals surface area (Å²) in [6, 6.07) is 3.22. The first-order valence-electron chi connectivity index (χ1n) is 21.9. The minimum Gasteiger partial charge on any atom is -0.497 e. The van der Waals surface area contributed by atoms with Crippen LogP contribution in [0.25, 0.3) is 0 Å². The fraction of sp³-hybridized carbons (Fsp3) is 0.638. The smallest absolute Gasteiger partial charge is 0.408 e. The molecule has 1 amide bonds. The molecule has 2 heterocycles. The second-order valence-corrected chi connectivity index (χ2v) is 21.5. The molecule has 0 unspecified atom stereocenters. The molecular formula is C47H63NO16S2. The van der Waals surface area contributed by atoms with E-state index in [-0.39, 0.29) is 41.9 Å². The molecule has 0 aromatic heterocycles. The highest BCUT2D eigenvalue weighted by molar-refractivity contribution is 8.76. The van der Waals surface area contributed by atoms with Crippen LogP contribution >= 0.6 is 21.6 Å². The van der Waals surface area contributed by atoms with E-state index in [2.05, 4.69) is 11.9 Å². The zero-order chi connectivity index (χ0) is 48.7. The van der Waals surface area contributed by atoms with Crippen molar-refractivity contribution in [1.82, 2.24) is 5.32 Å². The fourth-order valence-electron chi connectivity index (χ4n) is 10.1. The molecular weight excluding hydrogens is 899 g/mol. The van der Waals surface area contributed by atoms with Crippen LogP contribution in [0.5, 0.6) is 11.5 Å². The van der Waals surface area contributed by atoms with Crippen molar-refractivity contribution in [2.24, 2.45) is 11.3 Å². The number of benzene rings is 1. The Bertz CT molecular complexity index is 2150. The Morgan fingerprint density at radius 1 is 1.06 bits per heavy atom. The van der Waals surface area contributed by atoms with Crippen molar-refractivity contribution in [3.8, 4) is 11.5 Å². The highest BCUT2D eigenvalue weighted by Crippen LogP contribution is 2.68. The monoisotopic (exact) mass is 961 g/mol. The van der Waals surface area contributed by atoms with Crippen molar-refractivity contribution in [3.05, 3.63) is 58.7 Å². The lowest BCUT2D eigenvalue weighted by molar-refractivity contribution is -0.409. The van der Waals surface area contributed by atoms with Gasteiger partial charge in [0.1, 0.15) is 52.7 Å². The molecule has 6 rings (SSSR count). The Hall–Kier alpha value is -4.27. The van der Waals surface area contributed by atoms with Gasteiger partial charge in [-0.2, -0.15) is 0 Å². The van der Waals surface area contributed by atoms with Crippen LogP contribution in [0, 0.1) is 11.3 Å². The lowest BCUT2D eigenvalue weighted by Gasteiger charge is -2.72. The predicted molar refractivity (Wildman–Crippen MR) is 243 cm³/mol. The van der Waals surface area contributed by atoms with Crippen molar-refractivity contribution in [1.29, 1.82) is 0 Å². The third-order valence-corrected chi connectivity index (χ3v) is 15.0. The number of carbonyl (C=O) groups is 5. The molecule has 0 radical (unpaired) electrons. The van der Waals surface area contributed by atoms with E-state index in [4.69, 9.17) is 42.6 Å². The van der Waals surface area contributed by atoms with Crippen molar-refractivity contribution in [2.75, 3.05) is 32.8 Å². The molecule has 2 saturated carbocycles. The number of rotatable bonds is 16. The molecule has 1 aromatic rings. The van der Waals surface area contributed by atoms with Gasteiger partial charge in [0.15, 0.2) is 17.8 Å². The summed E-state index contributed by atoms with van der Waals surface area (Å²) in [5.41, 5.74) is -4.88. The van der Waals surface area contributed by atoms with Crippen molar-refractivity contribution in [3.63, 3.8) is 0 Å². The van der Waals surface area contributed by atoms with E-state index in [9.17, 15) is 34.2 Å². The van der Waals surface area contributed by atoms with Crippen molar-refractivity contribution >= 4 is 51.6 Å². The molecule has 2 aliphatic heterocycles. The quantitative estimate of drug-likeness (QED) is 0.0605. The van der Waals surface area contributed by atoms with E-state index in [0.717, 1.165) is 0 Å². The molecule has 12 atom stereocenters. The molecule has 2 bridgehead atoms.